The second-order valence-corrected chi connectivity index (χ2v) is 15.3. The first-order chi connectivity index (χ1) is 30.7. The van der Waals surface area contributed by atoms with Crippen molar-refractivity contribution in [2.75, 3.05) is 0 Å². The van der Waals surface area contributed by atoms with Crippen molar-refractivity contribution in [2.24, 2.45) is 0 Å². The number of hydrogen-bond acceptors (Lipinski definition) is 3. The van der Waals surface area contributed by atoms with Gasteiger partial charge in [-0.2, -0.15) is 10.5 Å². The van der Waals surface area contributed by atoms with E-state index in [0.29, 0.717) is 28.3 Å². The summed E-state index contributed by atoms with van der Waals surface area (Å²) in [7, 11) is 0. The van der Waals surface area contributed by atoms with E-state index in [-0.39, 0.29) is 0 Å². The zero-order valence-corrected chi connectivity index (χ0v) is 33.8. The molecule has 0 fully saturated rings. The molecule has 0 unspecified atom stereocenters. The second-order valence-electron chi connectivity index (χ2n) is 15.3. The molecule has 0 spiro atoms. The molecule has 6 heteroatoms. The van der Waals surface area contributed by atoms with Gasteiger partial charge in [0.15, 0.2) is 5.82 Å². The molecule has 4 aromatic heterocycles. The number of benzene rings is 7. The molecule has 0 radical (unpaired) electrons. The number of pyridine rings is 1. The predicted molar refractivity (Wildman–Crippen MR) is 254 cm³/mol. The van der Waals surface area contributed by atoms with E-state index in [0.717, 1.165) is 87.5 Å². The number of hydrogen-bond donors (Lipinski definition) is 0. The SMILES string of the molecule is C=C/C=c1\c(=C/C)n(-c2nc(-n3c4ccccc4c4ccccc43)c(-c3ccccc3)c(-c3cccc(C#N)c3C#N)c2-n2c3ccccc3c3ccccc32)c2ccccc12. The Morgan fingerprint density at radius 1 is 0.500 bits per heavy atom. The van der Waals surface area contributed by atoms with E-state index in [4.69, 9.17) is 4.98 Å². The zero-order valence-electron chi connectivity index (χ0n) is 33.8. The van der Waals surface area contributed by atoms with Crippen molar-refractivity contribution in [3.05, 3.63) is 204 Å². The van der Waals surface area contributed by atoms with Gasteiger partial charge < -0.3 is 4.57 Å². The van der Waals surface area contributed by atoms with Crippen LogP contribution >= 0.6 is 0 Å². The van der Waals surface area contributed by atoms with Crippen LogP contribution in [0.25, 0.3) is 106 Å². The van der Waals surface area contributed by atoms with Crippen LogP contribution in [-0.4, -0.2) is 18.7 Å². The molecule has 0 aliphatic heterocycles. The van der Waals surface area contributed by atoms with Gasteiger partial charge in [0.2, 0.25) is 0 Å². The first kappa shape index (κ1) is 36.4. The fraction of sp³-hybridized carbons (Fsp3) is 0.0179. The number of nitriles is 2. The van der Waals surface area contributed by atoms with Crippen LogP contribution in [0.3, 0.4) is 0 Å². The number of aromatic nitrogens is 4. The van der Waals surface area contributed by atoms with E-state index in [2.05, 4.69) is 185 Å². The van der Waals surface area contributed by atoms with E-state index in [1.54, 1.807) is 6.07 Å². The molecule has 6 nitrogen and oxygen atoms in total. The van der Waals surface area contributed by atoms with Crippen molar-refractivity contribution >= 4 is 66.7 Å². The number of nitrogens with zero attached hydrogens (tertiary/aromatic N) is 6. The van der Waals surface area contributed by atoms with Crippen LogP contribution < -0.4 is 10.6 Å². The Morgan fingerprint density at radius 2 is 1.00 bits per heavy atom. The molecule has 0 aliphatic carbocycles. The average molecular weight is 793 g/mol. The molecular weight excluding hydrogens is 757 g/mol. The van der Waals surface area contributed by atoms with Crippen LogP contribution in [0.5, 0.6) is 0 Å². The Kier molecular flexibility index (Phi) is 8.53. The molecule has 0 bridgehead atoms. The van der Waals surface area contributed by atoms with Gasteiger partial charge in [-0.1, -0.05) is 158 Å². The first-order valence-electron chi connectivity index (χ1n) is 20.6. The normalized spacial score (nSPS) is 12.2. The minimum Gasteiger partial charge on any atom is -0.305 e. The molecule has 0 N–H and O–H groups in total. The summed E-state index contributed by atoms with van der Waals surface area (Å²) in [6.07, 6.45) is 6.03. The van der Waals surface area contributed by atoms with Crippen LogP contribution in [0.15, 0.2) is 183 Å². The van der Waals surface area contributed by atoms with Gasteiger partial charge in [-0.3, -0.25) is 9.13 Å². The third-order valence-electron chi connectivity index (χ3n) is 12.1. The Labute approximate surface area is 357 Å². The molecule has 11 rings (SSSR count). The third kappa shape index (κ3) is 5.24. The summed E-state index contributed by atoms with van der Waals surface area (Å²) in [4.78, 5) is 6.05. The van der Waals surface area contributed by atoms with Crippen molar-refractivity contribution in [1.82, 2.24) is 18.7 Å². The lowest BCUT2D eigenvalue weighted by molar-refractivity contribution is 0.947. The van der Waals surface area contributed by atoms with Gasteiger partial charge in [0.1, 0.15) is 18.0 Å². The van der Waals surface area contributed by atoms with E-state index < -0.39 is 0 Å². The van der Waals surface area contributed by atoms with Crippen molar-refractivity contribution in [2.45, 2.75) is 6.92 Å². The van der Waals surface area contributed by atoms with Gasteiger partial charge in [-0.05, 0) is 48.9 Å². The van der Waals surface area contributed by atoms with Crippen LogP contribution in [0, 0.1) is 22.7 Å². The molecule has 62 heavy (non-hydrogen) atoms. The molecule has 0 saturated heterocycles. The summed E-state index contributed by atoms with van der Waals surface area (Å²) in [5.74, 6) is 1.34. The second kappa shape index (κ2) is 14.5. The minimum atomic E-state index is 0.292. The monoisotopic (exact) mass is 792 g/mol. The Balaban J connectivity index is 1.52. The van der Waals surface area contributed by atoms with Crippen molar-refractivity contribution in [3.8, 4) is 51.7 Å². The van der Waals surface area contributed by atoms with Crippen LogP contribution in [0.2, 0.25) is 0 Å². The maximum atomic E-state index is 11.2. The van der Waals surface area contributed by atoms with Crippen molar-refractivity contribution in [1.29, 1.82) is 10.5 Å². The maximum absolute atomic E-state index is 11.2. The minimum absolute atomic E-state index is 0.292. The molecule has 290 valence electrons. The molecular formula is C56H36N6. The number of allylic oxidation sites excluding steroid dienone is 1. The fourth-order valence-electron chi connectivity index (χ4n) is 9.60. The summed E-state index contributed by atoms with van der Waals surface area (Å²) < 4.78 is 6.85. The average Bonchev–Trinajstić information content (AvgIpc) is 3.96. The van der Waals surface area contributed by atoms with E-state index >= 15 is 0 Å². The van der Waals surface area contributed by atoms with E-state index in [1.807, 2.05) is 36.4 Å². The smallest absolute Gasteiger partial charge is 0.165 e. The van der Waals surface area contributed by atoms with Gasteiger partial charge >= 0.3 is 0 Å². The van der Waals surface area contributed by atoms with Crippen LogP contribution in [0.1, 0.15) is 18.1 Å². The highest BCUT2D eigenvalue weighted by molar-refractivity contribution is 6.13. The van der Waals surface area contributed by atoms with Crippen LogP contribution in [0.4, 0.5) is 0 Å². The lowest BCUT2D eigenvalue weighted by Crippen LogP contribution is -2.29. The van der Waals surface area contributed by atoms with E-state index in [9.17, 15) is 10.5 Å². The summed E-state index contributed by atoms with van der Waals surface area (Å²) in [6, 6.07) is 63.0. The van der Waals surface area contributed by atoms with Gasteiger partial charge in [0.25, 0.3) is 0 Å². The Hall–Kier alpha value is -8.71. The standard InChI is InChI=1S/C56H36N6/c1-3-19-38-39-23-10-15-31-49(39)61(46(38)4-2)56-54(60-47-29-13-8-24-40(47)41-25-9-14-30-48(41)60)53(44-28-18-22-37(34-57)45(44)35-58)52(36-20-6-5-7-21-36)55(59-56)62-50-32-16-11-26-42(50)43-27-12-17-33-51(43)62/h3-33H,1H2,2H3/b38-19-,46-4+. The molecule has 0 amide bonds. The van der Waals surface area contributed by atoms with Gasteiger partial charge in [-0.15, -0.1) is 0 Å². The first-order valence-corrected chi connectivity index (χ1v) is 20.6. The molecule has 0 saturated carbocycles. The molecule has 4 heterocycles. The Bertz CT molecular complexity index is 3760. The number of para-hydroxylation sites is 5. The van der Waals surface area contributed by atoms with Gasteiger partial charge in [0, 0.05) is 48.8 Å². The highest BCUT2D eigenvalue weighted by Gasteiger charge is 2.31. The summed E-state index contributed by atoms with van der Waals surface area (Å²) in [5, 5.41) is 29.2. The number of fused-ring (bicyclic) bond motifs is 7. The zero-order chi connectivity index (χ0) is 41.9. The lowest BCUT2D eigenvalue weighted by atomic mass is 9.89. The molecule has 7 aromatic carbocycles. The van der Waals surface area contributed by atoms with Crippen molar-refractivity contribution in [3.63, 3.8) is 0 Å². The fourth-order valence-corrected chi connectivity index (χ4v) is 9.60. The highest BCUT2D eigenvalue weighted by Crippen LogP contribution is 2.48. The summed E-state index contributed by atoms with van der Waals surface area (Å²) in [6.45, 7) is 6.19. The topological polar surface area (TPSA) is 75.3 Å². The highest BCUT2D eigenvalue weighted by atomic mass is 15.2. The van der Waals surface area contributed by atoms with E-state index in [1.165, 1.54) is 0 Å². The maximum Gasteiger partial charge on any atom is 0.165 e. The molecule has 0 atom stereocenters. The van der Waals surface area contributed by atoms with Gasteiger partial charge in [-0.25, -0.2) is 4.98 Å². The third-order valence-corrected chi connectivity index (χ3v) is 12.1. The van der Waals surface area contributed by atoms with Gasteiger partial charge in [0.05, 0.1) is 49.7 Å². The molecule has 0 aliphatic rings. The van der Waals surface area contributed by atoms with Crippen molar-refractivity contribution < 1.29 is 0 Å². The molecule has 11 aromatic rings. The largest absolute Gasteiger partial charge is 0.305 e. The Morgan fingerprint density at radius 3 is 1.52 bits per heavy atom. The predicted octanol–water partition coefficient (Wildman–Crippen LogP) is 12.1. The lowest BCUT2D eigenvalue weighted by Gasteiger charge is -2.26. The summed E-state index contributed by atoms with van der Waals surface area (Å²) >= 11 is 0. The number of rotatable bonds is 6. The quantitative estimate of drug-likeness (QED) is 0.168. The van der Waals surface area contributed by atoms with Crippen LogP contribution in [-0.2, 0) is 0 Å². The summed E-state index contributed by atoms with van der Waals surface area (Å²) in [5.41, 5.74) is 9.39.